The Bertz CT molecular complexity index is 496. The molecule has 0 amide bonds. The fraction of sp³-hybridized carbons (Fsp3) is 0.533. The first-order chi connectivity index (χ1) is 10.0. The molecular weight excluding hydrogens is 292 g/mol. The Balaban J connectivity index is 2.06. The van der Waals surface area contributed by atoms with Crippen molar-refractivity contribution < 1.29 is 14.6 Å². The number of nitrogens with zero attached hydrogens (tertiary/aromatic N) is 1. The van der Waals surface area contributed by atoms with Crippen LogP contribution >= 0.6 is 11.6 Å². The van der Waals surface area contributed by atoms with Gasteiger partial charge in [0.25, 0.3) is 0 Å². The first kappa shape index (κ1) is 16.1. The third-order valence-electron chi connectivity index (χ3n) is 3.63. The van der Waals surface area contributed by atoms with Gasteiger partial charge in [0, 0.05) is 23.2 Å². The van der Waals surface area contributed by atoms with E-state index < -0.39 is 5.97 Å². The molecule has 0 radical (unpaired) electrons. The minimum atomic E-state index is -0.989. The number of carboxylic acid groups (broad SMARTS) is 1. The van der Waals surface area contributed by atoms with E-state index in [0.29, 0.717) is 17.3 Å². The topological polar surface area (TPSA) is 75.8 Å². The zero-order valence-electron chi connectivity index (χ0n) is 11.9. The number of carbonyl (C=O) groups is 1. The van der Waals surface area contributed by atoms with Gasteiger partial charge in [0.15, 0.2) is 6.61 Å². The van der Waals surface area contributed by atoms with Crippen LogP contribution in [-0.4, -0.2) is 41.7 Å². The van der Waals surface area contributed by atoms with Crippen molar-refractivity contribution in [3.05, 3.63) is 28.8 Å². The number of carboxylic acids is 1. The van der Waals surface area contributed by atoms with E-state index in [1.165, 1.54) is 0 Å². The lowest BCUT2D eigenvalue weighted by Gasteiger charge is -2.21. The molecule has 0 aliphatic carbocycles. The summed E-state index contributed by atoms with van der Waals surface area (Å²) < 4.78 is 5.34. The van der Waals surface area contributed by atoms with Crippen molar-refractivity contribution in [2.75, 3.05) is 19.7 Å². The number of aliphatic carboxylic acids is 1. The third-order valence-corrected chi connectivity index (χ3v) is 3.87. The fourth-order valence-corrected chi connectivity index (χ4v) is 2.73. The molecule has 1 saturated heterocycles. The van der Waals surface area contributed by atoms with Gasteiger partial charge in [-0.3, -0.25) is 4.90 Å². The number of benzene rings is 1. The summed E-state index contributed by atoms with van der Waals surface area (Å²) in [5, 5.41) is 9.36. The standard InChI is InChI=1S/C15H21ClN2O3/c16-12-3-4-14(21-10-15(19)20)11(8-12)9-18-6-1-2-13(17)5-7-18/h3-4,8,13H,1-2,5-7,9-10,17H2,(H,19,20). The van der Waals surface area contributed by atoms with E-state index in [1.807, 2.05) is 6.07 Å². The molecule has 1 aromatic carbocycles. The number of nitrogens with two attached hydrogens (primary N) is 1. The van der Waals surface area contributed by atoms with Crippen LogP contribution < -0.4 is 10.5 Å². The summed E-state index contributed by atoms with van der Waals surface area (Å²) in [6.07, 6.45) is 3.10. The zero-order chi connectivity index (χ0) is 15.2. The van der Waals surface area contributed by atoms with Crippen LogP contribution in [0.2, 0.25) is 5.02 Å². The van der Waals surface area contributed by atoms with Crippen molar-refractivity contribution in [2.24, 2.45) is 5.73 Å². The molecule has 0 spiro atoms. The van der Waals surface area contributed by atoms with Crippen molar-refractivity contribution in [3.8, 4) is 5.75 Å². The van der Waals surface area contributed by atoms with Gasteiger partial charge in [-0.25, -0.2) is 4.79 Å². The van der Waals surface area contributed by atoms with Crippen LogP contribution in [0.25, 0.3) is 0 Å². The number of halogens is 1. The summed E-state index contributed by atoms with van der Waals surface area (Å²) in [5.74, 6) is -0.410. The maximum atomic E-state index is 10.6. The maximum Gasteiger partial charge on any atom is 0.341 e. The van der Waals surface area contributed by atoms with E-state index in [4.69, 9.17) is 27.2 Å². The lowest BCUT2D eigenvalue weighted by Crippen LogP contribution is -2.26. The molecule has 1 fully saturated rings. The quantitative estimate of drug-likeness (QED) is 0.871. The first-order valence-electron chi connectivity index (χ1n) is 7.15. The monoisotopic (exact) mass is 312 g/mol. The van der Waals surface area contributed by atoms with Gasteiger partial charge in [-0.15, -0.1) is 0 Å². The Kier molecular flexibility index (Phi) is 5.85. The Labute approximate surface area is 129 Å². The van der Waals surface area contributed by atoms with Gasteiger partial charge in [-0.1, -0.05) is 11.6 Å². The van der Waals surface area contributed by atoms with E-state index in [0.717, 1.165) is 37.9 Å². The summed E-state index contributed by atoms with van der Waals surface area (Å²) in [6, 6.07) is 5.55. The van der Waals surface area contributed by atoms with Crippen LogP contribution in [0.4, 0.5) is 0 Å². The lowest BCUT2D eigenvalue weighted by molar-refractivity contribution is -0.139. The van der Waals surface area contributed by atoms with Gasteiger partial charge in [-0.05, 0) is 50.6 Å². The minimum Gasteiger partial charge on any atom is -0.482 e. The zero-order valence-corrected chi connectivity index (χ0v) is 12.7. The highest BCUT2D eigenvalue weighted by atomic mass is 35.5. The van der Waals surface area contributed by atoms with E-state index in [9.17, 15) is 4.79 Å². The molecule has 0 saturated carbocycles. The SMILES string of the molecule is NC1CCCN(Cc2cc(Cl)ccc2OCC(=O)O)CC1. The molecule has 1 aliphatic rings. The van der Waals surface area contributed by atoms with E-state index in [2.05, 4.69) is 4.90 Å². The third kappa shape index (κ3) is 5.19. The van der Waals surface area contributed by atoms with Gasteiger partial charge < -0.3 is 15.6 Å². The van der Waals surface area contributed by atoms with Crippen LogP contribution in [0.1, 0.15) is 24.8 Å². The number of hydrogen-bond donors (Lipinski definition) is 2. The van der Waals surface area contributed by atoms with Crippen LogP contribution in [0.3, 0.4) is 0 Å². The molecule has 1 aliphatic heterocycles. The average Bonchev–Trinajstić information content (AvgIpc) is 2.63. The molecular formula is C15H21ClN2O3. The van der Waals surface area contributed by atoms with Crippen molar-refractivity contribution in [1.82, 2.24) is 4.90 Å². The molecule has 0 bridgehead atoms. The van der Waals surface area contributed by atoms with Crippen LogP contribution in [0.15, 0.2) is 18.2 Å². The molecule has 6 heteroatoms. The summed E-state index contributed by atoms with van der Waals surface area (Å²) in [4.78, 5) is 13.0. The highest BCUT2D eigenvalue weighted by molar-refractivity contribution is 6.30. The second kappa shape index (κ2) is 7.64. The second-order valence-corrected chi connectivity index (χ2v) is 5.84. The number of hydrogen-bond acceptors (Lipinski definition) is 4. The molecule has 1 unspecified atom stereocenters. The molecule has 3 N–H and O–H groups in total. The molecule has 1 heterocycles. The van der Waals surface area contributed by atoms with Gasteiger partial charge in [-0.2, -0.15) is 0 Å². The highest BCUT2D eigenvalue weighted by Crippen LogP contribution is 2.25. The van der Waals surface area contributed by atoms with Crippen molar-refractivity contribution in [2.45, 2.75) is 31.8 Å². The molecule has 21 heavy (non-hydrogen) atoms. The van der Waals surface area contributed by atoms with Gasteiger partial charge in [0.1, 0.15) is 5.75 Å². The fourth-order valence-electron chi connectivity index (χ4n) is 2.53. The molecule has 1 atom stereocenters. The summed E-state index contributed by atoms with van der Waals surface area (Å²) in [6.45, 7) is 2.27. The van der Waals surface area contributed by atoms with E-state index >= 15 is 0 Å². The second-order valence-electron chi connectivity index (χ2n) is 5.40. The summed E-state index contributed by atoms with van der Waals surface area (Å²) in [7, 11) is 0. The van der Waals surface area contributed by atoms with E-state index in [1.54, 1.807) is 12.1 Å². The van der Waals surface area contributed by atoms with E-state index in [-0.39, 0.29) is 12.6 Å². The molecule has 116 valence electrons. The average molecular weight is 313 g/mol. The van der Waals surface area contributed by atoms with Crippen molar-refractivity contribution in [1.29, 1.82) is 0 Å². The Morgan fingerprint density at radius 1 is 1.43 bits per heavy atom. The molecule has 0 aromatic heterocycles. The van der Waals surface area contributed by atoms with Gasteiger partial charge in [0.2, 0.25) is 0 Å². The molecule has 5 nitrogen and oxygen atoms in total. The Morgan fingerprint density at radius 2 is 2.24 bits per heavy atom. The maximum absolute atomic E-state index is 10.6. The Morgan fingerprint density at radius 3 is 3.00 bits per heavy atom. The molecule has 1 aromatic rings. The van der Waals surface area contributed by atoms with Crippen molar-refractivity contribution >= 4 is 17.6 Å². The number of ether oxygens (including phenoxy) is 1. The first-order valence-corrected chi connectivity index (χ1v) is 7.53. The van der Waals surface area contributed by atoms with Crippen LogP contribution in [-0.2, 0) is 11.3 Å². The summed E-state index contributed by atoms with van der Waals surface area (Å²) >= 11 is 6.04. The number of likely N-dealkylation sites (tertiary alicyclic amines) is 1. The highest BCUT2D eigenvalue weighted by Gasteiger charge is 2.16. The predicted molar refractivity (Wildman–Crippen MR) is 81.7 cm³/mol. The normalized spacial score (nSPS) is 20.0. The minimum absolute atomic E-state index is 0.275. The predicted octanol–water partition coefficient (Wildman–Crippen LogP) is 2.12. The summed E-state index contributed by atoms with van der Waals surface area (Å²) in [5.41, 5.74) is 6.90. The van der Waals surface area contributed by atoms with Gasteiger partial charge >= 0.3 is 5.97 Å². The lowest BCUT2D eigenvalue weighted by atomic mass is 10.1. The smallest absolute Gasteiger partial charge is 0.341 e. The van der Waals surface area contributed by atoms with Crippen LogP contribution in [0.5, 0.6) is 5.75 Å². The van der Waals surface area contributed by atoms with Crippen molar-refractivity contribution in [3.63, 3.8) is 0 Å². The van der Waals surface area contributed by atoms with Crippen LogP contribution in [0, 0.1) is 0 Å². The Hall–Kier alpha value is -1.30. The number of rotatable bonds is 5. The molecule has 2 rings (SSSR count). The van der Waals surface area contributed by atoms with Gasteiger partial charge in [0.05, 0.1) is 0 Å². The largest absolute Gasteiger partial charge is 0.482 e.